The first-order valence-corrected chi connectivity index (χ1v) is 7.10. The Kier molecular flexibility index (Phi) is 6.99. The molecule has 0 aliphatic rings. The predicted octanol–water partition coefficient (Wildman–Crippen LogP) is 2.93. The highest BCUT2D eigenvalue weighted by atomic mass is 15.1. The molecule has 2 heteroatoms. The van der Waals surface area contributed by atoms with Crippen LogP contribution in [0.5, 0.6) is 0 Å². The number of aryl methyl sites for hydroxylation is 1. The molecule has 0 spiro atoms. The summed E-state index contributed by atoms with van der Waals surface area (Å²) in [5.41, 5.74) is 2.83. The van der Waals surface area contributed by atoms with Crippen LogP contribution in [-0.4, -0.2) is 32.1 Å². The molecular weight excluding hydrogens is 220 g/mol. The molecule has 1 N–H and O–H groups in total. The first kappa shape index (κ1) is 15.2. The molecule has 0 radical (unpaired) electrons. The van der Waals surface area contributed by atoms with Crippen molar-refractivity contribution in [1.29, 1.82) is 0 Å². The lowest BCUT2D eigenvalue weighted by atomic mass is 10.1. The second-order valence-corrected chi connectivity index (χ2v) is 5.20. The lowest BCUT2D eigenvalue weighted by molar-refractivity contribution is 0.262. The first-order chi connectivity index (χ1) is 8.69. The van der Waals surface area contributed by atoms with Crippen LogP contribution in [0.3, 0.4) is 0 Å². The van der Waals surface area contributed by atoms with E-state index in [1.807, 2.05) is 7.05 Å². The van der Waals surface area contributed by atoms with Crippen molar-refractivity contribution in [1.82, 2.24) is 10.2 Å². The standard InChI is InChI=1S/C16H28N2/c1-5-14-7-9-16(10-8-14)13-18(4)12-15(6-2)11-17-3/h7-10,15,17H,5-6,11-13H2,1-4H3. The summed E-state index contributed by atoms with van der Waals surface area (Å²) in [7, 11) is 4.25. The molecule has 1 aromatic rings. The molecule has 1 aromatic carbocycles. The van der Waals surface area contributed by atoms with E-state index < -0.39 is 0 Å². The van der Waals surface area contributed by atoms with Gasteiger partial charge in [0.25, 0.3) is 0 Å². The zero-order valence-electron chi connectivity index (χ0n) is 12.4. The fourth-order valence-electron chi connectivity index (χ4n) is 2.32. The van der Waals surface area contributed by atoms with Gasteiger partial charge in [0.2, 0.25) is 0 Å². The molecule has 0 heterocycles. The van der Waals surface area contributed by atoms with Gasteiger partial charge in [-0.05, 0) is 44.1 Å². The summed E-state index contributed by atoms with van der Waals surface area (Å²) in [6.45, 7) is 7.78. The summed E-state index contributed by atoms with van der Waals surface area (Å²) in [6, 6.07) is 9.00. The van der Waals surface area contributed by atoms with Crippen LogP contribution in [0.15, 0.2) is 24.3 Å². The van der Waals surface area contributed by atoms with Crippen molar-refractivity contribution in [2.75, 3.05) is 27.2 Å². The molecule has 0 aliphatic heterocycles. The van der Waals surface area contributed by atoms with Crippen molar-refractivity contribution >= 4 is 0 Å². The number of rotatable bonds is 8. The van der Waals surface area contributed by atoms with Gasteiger partial charge < -0.3 is 10.2 Å². The average molecular weight is 248 g/mol. The minimum Gasteiger partial charge on any atom is -0.319 e. The fourth-order valence-corrected chi connectivity index (χ4v) is 2.32. The van der Waals surface area contributed by atoms with E-state index in [0.29, 0.717) is 0 Å². The second kappa shape index (κ2) is 8.28. The molecule has 1 rings (SSSR count). The van der Waals surface area contributed by atoms with Gasteiger partial charge in [0.15, 0.2) is 0 Å². The number of hydrogen-bond acceptors (Lipinski definition) is 2. The highest BCUT2D eigenvalue weighted by molar-refractivity contribution is 5.22. The monoisotopic (exact) mass is 248 g/mol. The van der Waals surface area contributed by atoms with E-state index >= 15 is 0 Å². The van der Waals surface area contributed by atoms with Gasteiger partial charge >= 0.3 is 0 Å². The molecular formula is C16H28N2. The minimum absolute atomic E-state index is 0.745. The van der Waals surface area contributed by atoms with E-state index in [-0.39, 0.29) is 0 Å². The van der Waals surface area contributed by atoms with Crippen LogP contribution in [0, 0.1) is 5.92 Å². The quantitative estimate of drug-likeness (QED) is 0.761. The van der Waals surface area contributed by atoms with E-state index in [2.05, 4.69) is 55.4 Å². The number of nitrogens with zero attached hydrogens (tertiary/aromatic N) is 1. The van der Waals surface area contributed by atoms with Gasteiger partial charge in [0.1, 0.15) is 0 Å². The third-order valence-corrected chi connectivity index (χ3v) is 3.52. The van der Waals surface area contributed by atoms with E-state index in [4.69, 9.17) is 0 Å². The molecule has 0 fully saturated rings. The van der Waals surface area contributed by atoms with E-state index in [1.54, 1.807) is 0 Å². The van der Waals surface area contributed by atoms with Crippen molar-refractivity contribution < 1.29 is 0 Å². The van der Waals surface area contributed by atoms with Crippen LogP contribution in [0.25, 0.3) is 0 Å². The molecule has 1 atom stereocenters. The van der Waals surface area contributed by atoms with Gasteiger partial charge in [0, 0.05) is 13.1 Å². The van der Waals surface area contributed by atoms with Crippen LogP contribution in [-0.2, 0) is 13.0 Å². The van der Waals surface area contributed by atoms with Crippen LogP contribution in [0.1, 0.15) is 31.4 Å². The lowest BCUT2D eigenvalue weighted by Gasteiger charge is -2.23. The Morgan fingerprint density at radius 1 is 1.11 bits per heavy atom. The Morgan fingerprint density at radius 3 is 2.22 bits per heavy atom. The lowest BCUT2D eigenvalue weighted by Crippen LogP contribution is -2.30. The van der Waals surface area contributed by atoms with Crippen molar-refractivity contribution in [3.8, 4) is 0 Å². The summed E-state index contributed by atoms with van der Waals surface area (Å²) >= 11 is 0. The van der Waals surface area contributed by atoms with E-state index in [0.717, 1.165) is 32.0 Å². The van der Waals surface area contributed by atoms with Crippen LogP contribution >= 0.6 is 0 Å². The Balaban J connectivity index is 2.44. The van der Waals surface area contributed by atoms with E-state index in [9.17, 15) is 0 Å². The highest BCUT2D eigenvalue weighted by Gasteiger charge is 2.09. The van der Waals surface area contributed by atoms with Crippen LogP contribution < -0.4 is 5.32 Å². The molecule has 18 heavy (non-hydrogen) atoms. The zero-order chi connectivity index (χ0) is 13.4. The molecule has 0 bridgehead atoms. The summed E-state index contributed by atoms with van der Waals surface area (Å²) in [5.74, 6) is 0.745. The maximum absolute atomic E-state index is 3.28. The maximum atomic E-state index is 3.28. The summed E-state index contributed by atoms with van der Waals surface area (Å²) in [6.07, 6.45) is 2.36. The van der Waals surface area contributed by atoms with Gasteiger partial charge in [-0.2, -0.15) is 0 Å². The van der Waals surface area contributed by atoms with Crippen molar-refractivity contribution in [3.63, 3.8) is 0 Å². The average Bonchev–Trinajstić information content (AvgIpc) is 2.39. The molecule has 0 saturated heterocycles. The minimum atomic E-state index is 0.745. The summed E-state index contributed by atoms with van der Waals surface area (Å²) < 4.78 is 0. The normalized spacial score (nSPS) is 12.9. The smallest absolute Gasteiger partial charge is 0.0230 e. The summed E-state index contributed by atoms with van der Waals surface area (Å²) in [4.78, 5) is 2.42. The molecule has 0 aromatic heterocycles. The predicted molar refractivity (Wildman–Crippen MR) is 79.9 cm³/mol. The fraction of sp³-hybridized carbons (Fsp3) is 0.625. The molecule has 0 amide bonds. The largest absolute Gasteiger partial charge is 0.319 e. The second-order valence-electron chi connectivity index (χ2n) is 5.20. The zero-order valence-corrected chi connectivity index (χ0v) is 12.4. The number of nitrogens with one attached hydrogen (secondary N) is 1. The van der Waals surface area contributed by atoms with Gasteiger partial charge in [0.05, 0.1) is 0 Å². The van der Waals surface area contributed by atoms with Crippen molar-refractivity contribution in [2.45, 2.75) is 33.2 Å². The Hall–Kier alpha value is -0.860. The SMILES string of the molecule is CCc1ccc(CN(C)CC(CC)CNC)cc1. The summed E-state index contributed by atoms with van der Waals surface area (Å²) in [5, 5.41) is 3.28. The van der Waals surface area contributed by atoms with Gasteiger partial charge in [-0.15, -0.1) is 0 Å². The van der Waals surface area contributed by atoms with Crippen LogP contribution in [0.4, 0.5) is 0 Å². The van der Waals surface area contributed by atoms with Gasteiger partial charge in [-0.1, -0.05) is 44.5 Å². The molecule has 102 valence electrons. The van der Waals surface area contributed by atoms with Crippen molar-refractivity contribution in [2.24, 2.45) is 5.92 Å². The Morgan fingerprint density at radius 2 is 1.72 bits per heavy atom. The maximum Gasteiger partial charge on any atom is 0.0230 e. The van der Waals surface area contributed by atoms with Crippen LogP contribution in [0.2, 0.25) is 0 Å². The first-order valence-electron chi connectivity index (χ1n) is 7.10. The topological polar surface area (TPSA) is 15.3 Å². The highest BCUT2D eigenvalue weighted by Crippen LogP contribution is 2.10. The molecule has 0 saturated carbocycles. The number of benzene rings is 1. The Labute approximate surface area is 112 Å². The number of hydrogen-bond donors (Lipinski definition) is 1. The Bertz CT molecular complexity index is 318. The van der Waals surface area contributed by atoms with Crippen molar-refractivity contribution in [3.05, 3.63) is 35.4 Å². The molecule has 2 nitrogen and oxygen atoms in total. The molecule has 0 aliphatic carbocycles. The molecule has 1 unspecified atom stereocenters. The van der Waals surface area contributed by atoms with E-state index in [1.165, 1.54) is 17.5 Å². The third kappa shape index (κ3) is 5.19. The van der Waals surface area contributed by atoms with Gasteiger partial charge in [-0.25, -0.2) is 0 Å². The van der Waals surface area contributed by atoms with Gasteiger partial charge in [-0.3, -0.25) is 0 Å². The third-order valence-electron chi connectivity index (χ3n) is 3.52.